The first-order valence-corrected chi connectivity index (χ1v) is 7.20. The van der Waals surface area contributed by atoms with E-state index in [1.54, 1.807) is 0 Å². The topological polar surface area (TPSA) is 30.0 Å². The maximum absolute atomic E-state index is 9.17. The van der Waals surface area contributed by atoms with Gasteiger partial charge in [0, 0.05) is 17.1 Å². The molecule has 1 aromatic heterocycles. The van der Waals surface area contributed by atoms with Crippen molar-refractivity contribution in [2.75, 3.05) is 0 Å². The molecular weight excluding hydrogens is 290 g/mol. The first kappa shape index (κ1) is 17.3. The van der Waals surface area contributed by atoms with Crippen molar-refractivity contribution >= 4 is 22.2 Å². The Kier molecular flexibility index (Phi) is 8.08. The summed E-state index contributed by atoms with van der Waals surface area (Å²) in [6.07, 6.45) is 5.56. The summed E-state index contributed by atoms with van der Waals surface area (Å²) in [5, 5.41) is 0. The fraction of sp³-hybridized carbons (Fsp3) is 0.600. The normalized spacial score (nSPS) is 10.6. The second-order valence-electron chi connectivity index (χ2n) is 5.44. The van der Waals surface area contributed by atoms with Gasteiger partial charge < -0.3 is 4.79 Å². The molecule has 0 amide bonds. The highest BCUT2D eigenvalue weighted by molar-refractivity contribution is 9.10. The average Bonchev–Trinajstić information content (AvgIpc) is 2.27. The van der Waals surface area contributed by atoms with Crippen LogP contribution in [0, 0.1) is 5.41 Å². The molecule has 0 aliphatic rings. The lowest BCUT2D eigenvalue weighted by molar-refractivity contribution is -0.107. The van der Waals surface area contributed by atoms with Gasteiger partial charge in [0.05, 0.1) is 5.69 Å². The molecular formula is C15H24BrNO. The predicted octanol–water partition coefficient (Wildman–Crippen LogP) is 4.59. The van der Waals surface area contributed by atoms with E-state index in [2.05, 4.69) is 54.7 Å². The van der Waals surface area contributed by atoms with Crippen molar-refractivity contribution in [2.45, 2.75) is 53.9 Å². The number of aldehydes is 1. The number of pyridine rings is 1. The van der Waals surface area contributed by atoms with Crippen molar-refractivity contribution in [2.24, 2.45) is 5.41 Å². The monoisotopic (exact) mass is 313 g/mol. The predicted molar refractivity (Wildman–Crippen MR) is 80.8 cm³/mol. The van der Waals surface area contributed by atoms with Gasteiger partial charge in [-0.15, -0.1) is 0 Å². The van der Waals surface area contributed by atoms with E-state index in [4.69, 9.17) is 0 Å². The molecule has 0 bridgehead atoms. The lowest BCUT2D eigenvalue weighted by Crippen LogP contribution is -2.09. The smallest absolute Gasteiger partial charge is 0.119 e. The van der Waals surface area contributed by atoms with Crippen LogP contribution in [0.1, 0.15) is 52.3 Å². The standard InChI is InChI=1S/C12H18BrN.C3H6O/c1-5-11-10(13)6-9(8-14-11)7-12(2,3)4;1-2-3-4/h6,8H,5,7H2,1-4H3;3H,2H2,1H3. The number of hydrogen-bond donors (Lipinski definition) is 0. The van der Waals surface area contributed by atoms with Crippen molar-refractivity contribution in [3.8, 4) is 0 Å². The van der Waals surface area contributed by atoms with Crippen LogP contribution in [0.4, 0.5) is 0 Å². The van der Waals surface area contributed by atoms with Gasteiger partial charge in [-0.2, -0.15) is 0 Å². The van der Waals surface area contributed by atoms with Gasteiger partial charge in [-0.25, -0.2) is 0 Å². The Bertz CT molecular complexity index is 369. The van der Waals surface area contributed by atoms with Crippen LogP contribution in [0.25, 0.3) is 0 Å². The van der Waals surface area contributed by atoms with Crippen LogP contribution in [0.2, 0.25) is 0 Å². The molecule has 0 unspecified atom stereocenters. The molecule has 0 aliphatic carbocycles. The molecule has 1 rings (SSSR count). The van der Waals surface area contributed by atoms with Crippen molar-refractivity contribution in [1.29, 1.82) is 0 Å². The van der Waals surface area contributed by atoms with Crippen LogP contribution in [-0.2, 0) is 17.6 Å². The molecule has 0 aromatic carbocycles. The average molecular weight is 314 g/mol. The molecule has 3 heteroatoms. The molecule has 1 aromatic rings. The van der Waals surface area contributed by atoms with Gasteiger partial charge in [0.1, 0.15) is 6.29 Å². The lowest BCUT2D eigenvalue weighted by atomic mass is 9.89. The van der Waals surface area contributed by atoms with Gasteiger partial charge in [-0.05, 0) is 45.8 Å². The highest BCUT2D eigenvalue weighted by Gasteiger charge is 2.12. The molecule has 0 aliphatic heterocycles. The first-order chi connectivity index (χ1) is 8.34. The van der Waals surface area contributed by atoms with Crippen LogP contribution in [0.5, 0.6) is 0 Å². The van der Waals surface area contributed by atoms with Crippen molar-refractivity contribution in [3.05, 3.63) is 28.0 Å². The summed E-state index contributed by atoms with van der Waals surface area (Å²) in [6, 6.07) is 2.19. The third-order valence-electron chi connectivity index (χ3n) is 2.21. The lowest BCUT2D eigenvalue weighted by Gasteiger charge is -2.18. The molecule has 0 N–H and O–H groups in total. The summed E-state index contributed by atoms with van der Waals surface area (Å²) in [6.45, 7) is 10.7. The molecule has 0 saturated carbocycles. The van der Waals surface area contributed by atoms with E-state index in [0.29, 0.717) is 11.8 Å². The molecule has 0 saturated heterocycles. The number of carbonyl (C=O) groups is 1. The Labute approximate surface area is 119 Å². The zero-order chi connectivity index (χ0) is 14.2. The van der Waals surface area contributed by atoms with E-state index in [1.807, 2.05) is 13.1 Å². The van der Waals surface area contributed by atoms with Gasteiger partial charge in [-0.1, -0.05) is 34.6 Å². The zero-order valence-corrected chi connectivity index (χ0v) is 13.7. The molecule has 0 fully saturated rings. The molecule has 18 heavy (non-hydrogen) atoms. The number of hydrogen-bond acceptors (Lipinski definition) is 2. The summed E-state index contributed by atoms with van der Waals surface area (Å²) in [7, 11) is 0. The van der Waals surface area contributed by atoms with Gasteiger partial charge in [0.2, 0.25) is 0 Å². The van der Waals surface area contributed by atoms with Gasteiger partial charge in [0.15, 0.2) is 0 Å². The summed E-state index contributed by atoms with van der Waals surface area (Å²) in [5.41, 5.74) is 2.78. The third kappa shape index (κ3) is 7.59. The quantitative estimate of drug-likeness (QED) is 0.764. The fourth-order valence-electron chi connectivity index (χ4n) is 1.48. The van der Waals surface area contributed by atoms with Crippen molar-refractivity contribution in [1.82, 2.24) is 4.98 Å². The van der Waals surface area contributed by atoms with Crippen LogP contribution in [-0.4, -0.2) is 11.3 Å². The van der Waals surface area contributed by atoms with Gasteiger partial charge >= 0.3 is 0 Å². The first-order valence-electron chi connectivity index (χ1n) is 6.41. The highest BCUT2D eigenvalue weighted by Crippen LogP contribution is 2.23. The van der Waals surface area contributed by atoms with Gasteiger partial charge in [0.25, 0.3) is 0 Å². The van der Waals surface area contributed by atoms with Gasteiger partial charge in [-0.3, -0.25) is 4.98 Å². The largest absolute Gasteiger partial charge is 0.303 e. The summed E-state index contributed by atoms with van der Waals surface area (Å²) >= 11 is 3.55. The minimum atomic E-state index is 0.328. The highest BCUT2D eigenvalue weighted by atomic mass is 79.9. The molecule has 0 spiro atoms. The Morgan fingerprint density at radius 1 is 1.33 bits per heavy atom. The van der Waals surface area contributed by atoms with Crippen LogP contribution >= 0.6 is 15.9 Å². The minimum Gasteiger partial charge on any atom is -0.303 e. The Hall–Kier alpha value is -0.700. The Morgan fingerprint density at radius 3 is 2.22 bits per heavy atom. The van der Waals surface area contributed by atoms with E-state index in [9.17, 15) is 4.79 Å². The number of carbonyl (C=O) groups excluding carboxylic acids is 1. The Balaban J connectivity index is 0.000000631. The summed E-state index contributed by atoms with van der Waals surface area (Å²) in [4.78, 5) is 13.6. The number of rotatable bonds is 3. The van der Waals surface area contributed by atoms with E-state index < -0.39 is 0 Å². The molecule has 102 valence electrons. The van der Waals surface area contributed by atoms with Crippen LogP contribution in [0.3, 0.4) is 0 Å². The molecule has 0 atom stereocenters. The number of aromatic nitrogens is 1. The molecule has 2 nitrogen and oxygen atoms in total. The summed E-state index contributed by atoms with van der Waals surface area (Å²) < 4.78 is 1.14. The van der Waals surface area contributed by atoms with E-state index in [1.165, 1.54) is 5.56 Å². The number of aryl methyl sites for hydroxylation is 1. The maximum Gasteiger partial charge on any atom is 0.119 e. The minimum absolute atomic E-state index is 0.328. The van der Waals surface area contributed by atoms with Crippen molar-refractivity contribution < 1.29 is 4.79 Å². The SMILES string of the molecule is CCC=O.CCc1ncc(CC(C)(C)C)cc1Br. The van der Waals surface area contributed by atoms with E-state index in [0.717, 1.165) is 29.3 Å². The molecule has 1 heterocycles. The Morgan fingerprint density at radius 2 is 1.89 bits per heavy atom. The second kappa shape index (κ2) is 8.41. The number of halogens is 1. The summed E-state index contributed by atoms with van der Waals surface area (Å²) in [5.74, 6) is 0. The van der Waals surface area contributed by atoms with E-state index >= 15 is 0 Å². The zero-order valence-electron chi connectivity index (χ0n) is 12.1. The second-order valence-corrected chi connectivity index (χ2v) is 6.29. The van der Waals surface area contributed by atoms with Crippen LogP contribution in [0.15, 0.2) is 16.7 Å². The van der Waals surface area contributed by atoms with E-state index in [-0.39, 0.29) is 0 Å². The third-order valence-corrected chi connectivity index (χ3v) is 2.90. The fourth-order valence-corrected chi connectivity index (χ4v) is 2.15. The number of nitrogens with zero attached hydrogens (tertiary/aromatic N) is 1. The molecule has 0 radical (unpaired) electrons. The van der Waals surface area contributed by atoms with Crippen LogP contribution < -0.4 is 0 Å². The van der Waals surface area contributed by atoms with Crippen molar-refractivity contribution in [3.63, 3.8) is 0 Å². The maximum atomic E-state index is 9.17.